The first-order chi connectivity index (χ1) is 7.50. The third kappa shape index (κ3) is 4.06. The maximum atomic E-state index is 10.9. The fourth-order valence-corrected chi connectivity index (χ4v) is 2.16. The van der Waals surface area contributed by atoms with Gasteiger partial charge in [-0.15, -0.1) is 0 Å². The van der Waals surface area contributed by atoms with Crippen LogP contribution in [-0.2, 0) is 17.3 Å². The number of hydrogen-bond acceptors (Lipinski definition) is 4. The lowest BCUT2D eigenvalue weighted by atomic mass is 10.2. The molecule has 5 heteroatoms. The molecule has 0 saturated carbocycles. The van der Waals surface area contributed by atoms with Gasteiger partial charge in [0.15, 0.2) is 0 Å². The molecule has 0 aliphatic carbocycles. The summed E-state index contributed by atoms with van der Waals surface area (Å²) in [5, 5.41) is 7.29. The highest BCUT2D eigenvalue weighted by atomic mass is 32.2. The first-order valence-corrected chi connectivity index (χ1v) is 7.18. The second-order valence-electron chi connectivity index (χ2n) is 4.15. The topological polar surface area (TPSA) is 55.1 Å². The minimum absolute atomic E-state index is 0.359. The zero-order valence-corrected chi connectivity index (χ0v) is 11.2. The smallest absolute Gasteiger partial charge is 0.138 e. The fraction of sp³-hybridized carbons (Fsp3) is 0.727. The van der Waals surface area contributed by atoms with Crippen LogP contribution in [0, 0.1) is 13.8 Å². The van der Waals surface area contributed by atoms with Gasteiger partial charge in [-0.1, -0.05) is 5.16 Å². The van der Waals surface area contributed by atoms with E-state index in [0.717, 1.165) is 35.7 Å². The summed E-state index contributed by atoms with van der Waals surface area (Å²) >= 11 is 0. The van der Waals surface area contributed by atoms with E-state index in [9.17, 15) is 4.21 Å². The summed E-state index contributed by atoms with van der Waals surface area (Å²) in [6.45, 7) is 6.73. The summed E-state index contributed by atoms with van der Waals surface area (Å²) in [5.74, 6) is 1.62. The summed E-state index contributed by atoms with van der Waals surface area (Å²) in [5.41, 5.74) is 2.07. The average molecular weight is 244 g/mol. The molecule has 1 N–H and O–H groups in total. The Morgan fingerprint density at radius 1 is 1.50 bits per heavy atom. The van der Waals surface area contributed by atoms with Gasteiger partial charge in [-0.05, 0) is 27.2 Å². The first kappa shape index (κ1) is 13.4. The van der Waals surface area contributed by atoms with Gasteiger partial charge in [-0.25, -0.2) is 0 Å². The molecule has 0 aliphatic rings. The second-order valence-corrected chi connectivity index (χ2v) is 5.71. The van der Waals surface area contributed by atoms with Crippen LogP contribution in [0.25, 0.3) is 0 Å². The summed E-state index contributed by atoms with van der Waals surface area (Å²) < 4.78 is 16.0. The Balaban J connectivity index is 2.37. The van der Waals surface area contributed by atoms with Gasteiger partial charge < -0.3 is 9.84 Å². The van der Waals surface area contributed by atoms with Gasteiger partial charge in [-0.2, -0.15) is 0 Å². The first-order valence-electron chi connectivity index (χ1n) is 5.46. The molecule has 1 aromatic rings. The van der Waals surface area contributed by atoms with Crippen LogP contribution in [0.3, 0.4) is 0 Å². The molecular weight excluding hydrogens is 224 g/mol. The molecule has 0 aromatic carbocycles. The van der Waals surface area contributed by atoms with Gasteiger partial charge in [0.25, 0.3) is 0 Å². The normalized spacial score (nSPS) is 15.0. The van der Waals surface area contributed by atoms with Crippen LogP contribution in [-0.4, -0.2) is 27.4 Å². The van der Waals surface area contributed by atoms with Crippen molar-refractivity contribution >= 4 is 10.8 Å². The highest BCUT2D eigenvalue weighted by molar-refractivity contribution is 7.84. The van der Waals surface area contributed by atoms with E-state index in [0.29, 0.717) is 6.04 Å². The Hall–Kier alpha value is -0.680. The van der Waals surface area contributed by atoms with Crippen LogP contribution in [0.2, 0.25) is 0 Å². The van der Waals surface area contributed by atoms with Crippen molar-refractivity contribution in [3.63, 3.8) is 0 Å². The number of aryl methyl sites for hydroxylation is 2. The molecule has 0 amide bonds. The molecule has 0 bridgehead atoms. The molecular formula is C11H20N2O2S. The highest BCUT2D eigenvalue weighted by Crippen LogP contribution is 2.11. The van der Waals surface area contributed by atoms with Crippen molar-refractivity contribution in [3.05, 3.63) is 17.0 Å². The number of hydrogen-bond donors (Lipinski definition) is 1. The number of rotatable bonds is 6. The summed E-state index contributed by atoms with van der Waals surface area (Å²) in [4.78, 5) is 0. The van der Waals surface area contributed by atoms with Gasteiger partial charge >= 0.3 is 0 Å². The summed E-state index contributed by atoms with van der Waals surface area (Å²) in [6, 6.07) is 0.359. The third-order valence-corrected chi connectivity index (χ3v) is 3.46. The maximum absolute atomic E-state index is 10.9. The van der Waals surface area contributed by atoms with Crippen LogP contribution in [0.1, 0.15) is 30.4 Å². The predicted molar refractivity (Wildman–Crippen MR) is 65.8 cm³/mol. The number of aromatic nitrogens is 1. The van der Waals surface area contributed by atoms with Crippen molar-refractivity contribution < 1.29 is 8.73 Å². The van der Waals surface area contributed by atoms with Gasteiger partial charge in [0.05, 0.1) is 5.69 Å². The van der Waals surface area contributed by atoms with Crippen LogP contribution < -0.4 is 5.32 Å². The minimum Gasteiger partial charge on any atom is -0.361 e. The molecule has 1 heterocycles. The molecule has 4 nitrogen and oxygen atoms in total. The van der Waals surface area contributed by atoms with E-state index in [4.69, 9.17) is 4.52 Å². The van der Waals surface area contributed by atoms with Gasteiger partial charge in [0.1, 0.15) is 5.76 Å². The molecule has 0 aliphatic heterocycles. The Morgan fingerprint density at radius 2 is 2.19 bits per heavy atom. The Bertz CT molecular complexity index is 343. The van der Waals surface area contributed by atoms with E-state index in [1.165, 1.54) is 0 Å². The summed E-state index contributed by atoms with van der Waals surface area (Å²) in [7, 11) is -0.706. The van der Waals surface area contributed by atoms with Crippen molar-refractivity contribution in [2.24, 2.45) is 0 Å². The van der Waals surface area contributed by atoms with E-state index in [1.807, 2.05) is 13.8 Å². The Kier molecular flexibility index (Phi) is 5.15. The van der Waals surface area contributed by atoms with Gasteiger partial charge in [0, 0.05) is 41.0 Å². The molecule has 16 heavy (non-hydrogen) atoms. The van der Waals surface area contributed by atoms with Crippen molar-refractivity contribution in [3.8, 4) is 0 Å². The van der Waals surface area contributed by atoms with E-state index in [1.54, 1.807) is 6.26 Å². The van der Waals surface area contributed by atoms with E-state index < -0.39 is 10.8 Å². The van der Waals surface area contributed by atoms with E-state index >= 15 is 0 Å². The minimum atomic E-state index is -0.706. The van der Waals surface area contributed by atoms with Crippen LogP contribution >= 0.6 is 0 Å². The van der Waals surface area contributed by atoms with Crippen molar-refractivity contribution in [1.82, 2.24) is 10.5 Å². The van der Waals surface area contributed by atoms with E-state index in [-0.39, 0.29) is 0 Å². The van der Waals surface area contributed by atoms with Crippen molar-refractivity contribution in [2.75, 3.05) is 12.0 Å². The number of nitrogens with one attached hydrogen (secondary N) is 1. The molecule has 1 aromatic heterocycles. The maximum Gasteiger partial charge on any atom is 0.138 e. The molecule has 2 atom stereocenters. The molecule has 92 valence electrons. The van der Waals surface area contributed by atoms with Crippen LogP contribution in [0.15, 0.2) is 4.52 Å². The fourth-order valence-electron chi connectivity index (χ4n) is 1.48. The molecule has 1 rings (SSSR count). The van der Waals surface area contributed by atoms with Crippen molar-refractivity contribution in [2.45, 2.75) is 39.8 Å². The standard InChI is InChI=1S/C11H20N2O2S/c1-8(5-6-16(4)14)12-7-11-9(2)13-15-10(11)3/h8,12H,5-7H2,1-4H3. The molecule has 0 radical (unpaired) electrons. The molecule has 0 spiro atoms. The Morgan fingerprint density at radius 3 is 2.69 bits per heavy atom. The van der Waals surface area contributed by atoms with Gasteiger partial charge in [-0.3, -0.25) is 4.21 Å². The van der Waals surface area contributed by atoms with Gasteiger partial charge in [0.2, 0.25) is 0 Å². The molecule has 0 fully saturated rings. The largest absolute Gasteiger partial charge is 0.361 e. The van der Waals surface area contributed by atoms with Crippen LogP contribution in [0.5, 0.6) is 0 Å². The second kappa shape index (κ2) is 6.15. The lowest BCUT2D eigenvalue weighted by Gasteiger charge is -2.12. The van der Waals surface area contributed by atoms with Crippen molar-refractivity contribution in [1.29, 1.82) is 0 Å². The number of nitrogens with zero attached hydrogens (tertiary/aromatic N) is 1. The zero-order valence-electron chi connectivity index (χ0n) is 10.4. The monoisotopic (exact) mass is 244 g/mol. The van der Waals surface area contributed by atoms with E-state index in [2.05, 4.69) is 17.4 Å². The quantitative estimate of drug-likeness (QED) is 0.824. The highest BCUT2D eigenvalue weighted by Gasteiger charge is 2.10. The molecule has 2 unspecified atom stereocenters. The summed E-state index contributed by atoms with van der Waals surface area (Å²) in [6.07, 6.45) is 2.66. The lowest BCUT2D eigenvalue weighted by Crippen LogP contribution is -2.27. The SMILES string of the molecule is Cc1noc(C)c1CNC(C)CCS(C)=O. The predicted octanol–water partition coefficient (Wildman–Crippen LogP) is 1.54. The van der Waals surface area contributed by atoms with Crippen LogP contribution in [0.4, 0.5) is 0 Å². The molecule has 0 saturated heterocycles. The zero-order chi connectivity index (χ0) is 12.1. The average Bonchev–Trinajstić information content (AvgIpc) is 2.53. The Labute approximate surface area is 99.2 Å². The lowest BCUT2D eigenvalue weighted by molar-refractivity contribution is 0.391. The third-order valence-electron chi connectivity index (χ3n) is 2.65.